The summed E-state index contributed by atoms with van der Waals surface area (Å²) in [5.74, 6) is -0.316. The van der Waals surface area contributed by atoms with Crippen molar-refractivity contribution in [3.05, 3.63) is 70.6 Å². The Labute approximate surface area is 193 Å². The summed E-state index contributed by atoms with van der Waals surface area (Å²) in [6, 6.07) is 15.4. The highest BCUT2D eigenvalue weighted by molar-refractivity contribution is 7.88. The number of carbonyl (C=O) groups is 1. The molecule has 1 fully saturated rings. The fourth-order valence-corrected chi connectivity index (χ4v) is 6.13. The monoisotopic (exact) mass is 469 g/mol. The fourth-order valence-electron chi connectivity index (χ4n) is 3.84. The molecule has 2 heterocycles. The third-order valence-corrected chi connectivity index (χ3v) is 8.55. The molecule has 32 heavy (non-hydrogen) atoms. The van der Waals surface area contributed by atoms with Crippen LogP contribution in [0, 0.1) is 19.8 Å². The van der Waals surface area contributed by atoms with Crippen molar-refractivity contribution in [1.82, 2.24) is 9.29 Å². The van der Waals surface area contributed by atoms with Gasteiger partial charge >= 0.3 is 0 Å². The maximum absolute atomic E-state index is 12.7. The Balaban J connectivity index is 1.33. The number of piperidine rings is 1. The van der Waals surface area contributed by atoms with Gasteiger partial charge in [0.1, 0.15) is 0 Å². The molecule has 0 unspecified atom stereocenters. The van der Waals surface area contributed by atoms with Crippen LogP contribution in [-0.2, 0) is 20.6 Å². The van der Waals surface area contributed by atoms with Crippen LogP contribution in [0.15, 0.2) is 53.9 Å². The smallest absolute Gasteiger partial charge is 0.229 e. The lowest BCUT2D eigenvalue weighted by Gasteiger charge is -2.30. The number of sulfonamides is 1. The molecular weight excluding hydrogens is 442 g/mol. The van der Waals surface area contributed by atoms with Crippen molar-refractivity contribution in [1.29, 1.82) is 0 Å². The molecular formula is C24H27N3O3S2. The van der Waals surface area contributed by atoms with E-state index in [0.717, 1.165) is 16.8 Å². The van der Waals surface area contributed by atoms with E-state index in [2.05, 4.69) is 36.3 Å². The highest BCUT2D eigenvalue weighted by Crippen LogP contribution is 2.28. The second kappa shape index (κ2) is 9.52. The van der Waals surface area contributed by atoms with Crippen molar-refractivity contribution in [2.24, 2.45) is 5.92 Å². The predicted molar refractivity (Wildman–Crippen MR) is 129 cm³/mol. The molecule has 2 aromatic carbocycles. The van der Waals surface area contributed by atoms with E-state index in [4.69, 9.17) is 0 Å². The Bertz CT molecular complexity index is 1200. The van der Waals surface area contributed by atoms with Crippen molar-refractivity contribution < 1.29 is 13.2 Å². The van der Waals surface area contributed by atoms with Crippen LogP contribution in [0.3, 0.4) is 0 Å². The van der Waals surface area contributed by atoms with Gasteiger partial charge in [-0.25, -0.2) is 17.7 Å². The highest BCUT2D eigenvalue weighted by atomic mass is 32.2. The van der Waals surface area contributed by atoms with E-state index < -0.39 is 10.0 Å². The summed E-state index contributed by atoms with van der Waals surface area (Å²) in [5, 5.41) is 5.44. The quantitative estimate of drug-likeness (QED) is 0.572. The Morgan fingerprint density at radius 3 is 2.50 bits per heavy atom. The van der Waals surface area contributed by atoms with Gasteiger partial charge in [0.15, 0.2) is 5.13 Å². The number of aromatic nitrogens is 1. The molecule has 0 atom stereocenters. The molecule has 0 aliphatic carbocycles. The normalized spacial score (nSPS) is 15.6. The Morgan fingerprint density at radius 1 is 1.09 bits per heavy atom. The average molecular weight is 470 g/mol. The number of hydrogen-bond donors (Lipinski definition) is 1. The minimum atomic E-state index is -3.39. The van der Waals surface area contributed by atoms with Gasteiger partial charge in [-0.1, -0.05) is 42.5 Å². The molecule has 4 rings (SSSR count). The molecule has 3 aromatic rings. The predicted octanol–water partition coefficient (Wildman–Crippen LogP) is 4.61. The first-order chi connectivity index (χ1) is 15.3. The van der Waals surface area contributed by atoms with Gasteiger partial charge in [-0.15, -0.1) is 11.3 Å². The largest absolute Gasteiger partial charge is 0.302 e. The molecule has 0 bridgehead atoms. The van der Waals surface area contributed by atoms with Crippen LogP contribution >= 0.6 is 11.3 Å². The first-order valence-electron chi connectivity index (χ1n) is 10.7. The van der Waals surface area contributed by atoms with E-state index >= 15 is 0 Å². The molecule has 1 aliphatic heterocycles. The third-order valence-electron chi connectivity index (χ3n) is 5.95. The summed E-state index contributed by atoms with van der Waals surface area (Å²) in [7, 11) is -3.39. The number of carbonyl (C=O) groups excluding carboxylic acids is 1. The van der Waals surface area contributed by atoms with E-state index in [1.165, 1.54) is 26.8 Å². The van der Waals surface area contributed by atoms with Crippen molar-refractivity contribution in [2.45, 2.75) is 32.4 Å². The third kappa shape index (κ3) is 5.26. The second-order valence-electron chi connectivity index (χ2n) is 8.24. The number of thiazole rings is 1. The van der Waals surface area contributed by atoms with Crippen LogP contribution in [0.1, 0.15) is 29.5 Å². The zero-order valence-electron chi connectivity index (χ0n) is 18.2. The minimum Gasteiger partial charge on any atom is -0.302 e. The lowest BCUT2D eigenvalue weighted by atomic mass is 9.97. The summed E-state index contributed by atoms with van der Waals surface area (Å²) < 4.78 is 26.9. The van der Waals surface area contributed by atoms with E-state index in [0.29, 0.717) is 31.1 Å². The molecule has 1 aromatic heterocycles. The van der Waals surface area contributed by atoms with Gasteiger partial charge in [-0.05, 0) is 49.4 Å². The van der Waals surface area contributed by atoms with Crippen LogP contribution < -0.4 is 5.32 Å². The maximum atomic E-state index is 12.7. The van der Waals surface area contributed by atoms with Crippen LogP contribution in [-0.4, -0.2) is 36.7 Å². The summed E-state index contributed by atoms with van der Waals surface area (Å²) in [5.41, 5.74) is 5.08. The van der Waals surface area contributed by atoms with Crippen molar-refractivity contribution in [2.75, 3.05) is 18.4 Å². The molecule has 8 heteroatoms. The minimum absolute atomic E-state index is 0.00885. The molecule has 6 nitrogen and oxygen atoms in total. The molecule has 0 radical (unpaired) electrons. The lowest BCUT2D eigenvalue weighted by Crippen LogP contribution is -2.41. The van der Waals surface area contributed by atoms with Gasteiger partial charge < -0.3 is 5.32 Å². The van der Waals surface area contributed by atoms with E-state index in [-0.39, 0.29) is 17.6 Å². The topological polar surface area (TPSA) is 79.4 Å². The fraction of sp³-hybridized carbons (Fsp3) is 0.333. The number of anilines is 1. The molecule has 1 saturated heterocycles. The van der Waals surface area contributed by atoms with E-state index in [1.54, 1.807) is 0 Å². The van der Waals surface area contributed by atoms with Crippen LogP contribution in [0.5, 0.6) is 0 Å². The van der Waals surface area contributed by atoms with Gasteiger partial charge in [0.25, 0.3) is 0 Å². The Hall–Kier alpha value is -2.55. The van der Waals surface area contributed by atoms with Crippen LogP contribution in [0.2, 0.25) is 0 Å². The summed E-state index contributed by atoms with van der Waals surface area (Å²) in [4.78, 5) is 17.3. The number of nitrogens with one attached hydrogen (secondary N) is 1. The molecule has 1 N–H and O–H groups in total. The van der Waals surface area contributed by atoms with Gasteiger partial charge in [-0.3, -0.25) is 4.79 Å². The Morgan fingerprint density at radius 2 is 1.81 bits per heavy atom. The van der Waals surface area contributed by atoms with Gasteiger partial charge in [0, 0.05) is 30.0 Å². The van der Waals surface area contributed by atoms with Gasteiger partial charge in [-0.2, -0.15) is 0 Å². The van der Waals surface area contributed by atoms with Crippen molar-refractivity contribution in [3.8, 4) is 11.3 Å². The first-order valence-corrected chi connectivity index (χ1v) is 13.2. The molecule has 168 valence electrons. The molecule has 0 saturated carbocycles. The molecule has 0 spiro atoms. The van der Waals surface area contributed by atoms with Crippen molar-refractivity contribution in [3.63, 3.8) is 0 Å². The van der Waals surface area contributed by atoms with E-state index in [9.17, 15) is 13.2 Å². The van der Waals surface area contributed by atoms with Crippen LogP contribution in [0.25, 0.3) is 11.3 Å². The maximum Gasteiger partial charge on any atom is 0.229 e. The van der Waals surface area contributed by atoms with Gasteiger partial charge in [0.05, 0.1) is 11.4 Å². The second-order valence-corrected chi connectivity index (χ2v) is 11.1. The number of benzene rings is 2. The lowest BCUT2D eigenvalue weighted by molar-refractivity contribution is -0.120. The molecule has 1 amide bonds. The zero-order chi connectivity index (χ0) is 22.7. The first kappa shape index (κ1) is 22.6. The SMILES string of the molecule is Cc1ccc(-c2csc(NC(=O)C3CCN(S(=O)(=O)Cc4ccccc4)CC3)n2)cc1C. The number of hydrogen-bond acceptors (Lipinski definition) is 5. The summed E-state index contributed by atoms with van der Waals surface area (Å²) in [6.07, 6.45) is 1.02. The molecule has 1 aliphatic rings. The summed E-state index contributed by atoms with van der Waals surface area (Å²) in [6.45, 7) is 4.86. The van der Waals surface area contributed by atoms with Crippen molar-refractivity contribution >= 4 is 32.4 Å². The standard InChI is InChI=1S/C24H27N3O3S2/c1-17-8-9-21(14-18(17)2)22-15-31-24(25-22)26-23(28)20-10-12-27(13-11-20)32(29,30)16-19-6-4-3-5-7-19/h3-9,14-15,20H,10-13,16H2,1-2H3,(H,25,26,28). The number of aryl methyl sites for hydroxylation is 2. The average Bonchev–Trinajstić information content (AvgIpc) is 3.24. The summed E-state index contributed by atoms with van der Waals surface area (Å²) >= 11 is 1.40. The van der Waals surface area contributed by atoms with Gasteiger partial charge in [0.2, 0.25) is 15.9 Å². The number of rotatable bonds is 6. The number of nitrogens with zero attached hydrogens (tertiary/aromatic N) is 2. The number of amides is 1. The van der Waals surface area contributed by atoms with Crippen LogP contribution in [0.4, 0.5) is 5.13 Å². The highest BCUT2D eigenvalue weighted by Gasteiger charge is 2.31. The Kier molecular flexibility index (Phi) is 6.74. The zero-order valence-corrected chi connectivity index (χ0v) is 19.9. The van der Waals surface area contributed by atoms with E-state index in [1.807, 2.05) is 41.8 Å².